The van der Waals surface area contributed by atoms with Gasteiger partial charge in [-0.2, -0.15) is 0 Å². The molecule has 0 aromatic carbocycles. The summed E-state index contributed by atoms with van der Waals surface area (Å²) in [5.74, 6) is 0. The van der Waals surface area contributed by atoms with Crippen LogP contribution in [0.25, 0.3) is 0 Å². The van der Waals surface area contributed by atoms with Crippen molar-refractivity contribution >= 4 is 8.03 Å². The van der Waals surface area contributed by atoms with Crippen LogP contribution in [-0.2, 0) is 4.57 Å². The maximum atomic E-state index is 10.0. The molecule has 0 radical (unpaired) electrons. The Morgan fingerprint density at radius 2 is 2.22 bits per heavy atom. The largest absolute Gasteiger partial charge is 0.379 e. The third-order valence-electron chi connectivity index (χ3n) is 0.891. The highest BCUT2D eigenvalue weighted by Crippen LogP contribution is 2.14. The number of hydrogen-bond donors (Lipinski definition) is 3. The van der Waals surface area contributed by atoms with Gasteiger partial charge >= 0.3 is 0 Å². The van der Waals surface area contributed by atoms with Gasteiger partial charge in [0.1, 0.15) is 6.23 Å². The fourth-order valence-corrected chi connectivity index (χ4v) is 0.969. The molecule has 4 N–H and O–H groups in total. The van der Waals surface area contributed by atoms with Gasteiger partial charge in [0, 0.05) is 6.16 Å². The van der Waals surface area contributed by atoms with Crippen LogP contribution >= 0.6 is 8.03 Å². The average molecular weight is 153 g/mol. The van der Waals surface area contributed by atoms with Gasteiger partial charge in [0.25, 0.3) is 0 Å². The van der Waals surface area contributed by atoms with Crippen molar-refractivity contribution in [2.24, 2.45) is 5.73 Å². The van der Waals surface area contributed by atoms with Crippen LogP contribution in [0, 0.1) is 0 Å². The summed E-state index contributed by atoms with van der Waals surface area (Å²) >= 11 is 0. The molecule has 56 valence electrons. The molecule has 0 bridgehead atoms. The lowest BCUT2D eigenvalue weighted by Crippen LogP contribution is -2.18. The molecule has 9 heavy (non-hydrogen) atoms. The molecule has 0 rings (SSSR count). The first-order chi connectivity index (χ1) is 4.13. The predicted molar refractivity (Wildman–Crippen MR) is 35.5 cm³/mol. The number of hydrogen-bond acceptors (Lipinski definition) is 3. The van der Waals surface area contributed by atoms with Crippen LogP contribution in [0.2, 0.25) is 0 Å². The topological polar surface area (TPSA) is 83.5 Å². The van der Waals surface area contributed by atoms with Crippen LogP contribution in [0.15, 0.2) is 0 Å². The third-order valence-corrected chi connectivity index (χ3v) is 1.67. The second kappa shape index (κ2) is 4.94. The van der Waals surface area contributed by atoms with E-state index in [4.69, 9.17) is 15.7 Å². The van der Waals surface area contributed by atoms with Crippen molar-refractivity contribution in [2.75, 3.05) is 6.16 Å². The molecular weight excluding hydrogens is 141 g/mol. The molecule has 4 nitrogen and oxygen atoms in total. The summed E-state index contributed by atoms with van der Waals surface area (Å²) in [7, 11) is -2.35. The van der Waals surface area contributed by atoms with Gasteiger partial charge in [0.15, 0.2) is 8.03 Å². The van der Waals surface area contributed by atoms with Crippen LogP contribution in [0.4, 0.5) is 0 Å². The van der Waals surface area contributed by atoms with Crippen LogP contribution in [0.1, 0.15) is 12.8 Å². The Bertz CT molecular complexity index is 95.8. The summed E-state index contributed by atoms with van der Waals surface area (Å²) in [6.07, 6.45) is 0.341. The van der Waals surface area contributed by atoms with Crippen LogP contribution in [-0.4, -0.2) is 22.4 Å². The molecule has 5 heteroatoms. The highest BCUT2D eigenvalue weighted by atomic mass is 31.1. The lowest BCUT2D eigenvalue weighted by atomic mass is 10.3. The van der Waals surface area contributed by atoms with E-state index >= 15 is 0 Å². The first-order valence-corrected chi connectivity index (χ1v) is 4.34. The van der Waals surface area contributed by atoms with E-state index in [0.29, 0.717) is 12.8 Å². The molecule has 0 heterocycles. The minimum Gasteiger partial charge on any atom is -0.379 e. The highest BCUT2D eigenvalue weighted by molar-refractivity contribution is 7.37. The second-order valence-electron chi connectivity index (χ2n) is 1.85. The second-order valence-corrected chi connectivity index (χ2v) is 3.14. The Labute approximate surface area is 54.6 Å². The Morgan fingerprint density at radius 1 is 1.67 bits per heavy atom. The molecule has 0 saturated carbocycles. The SMILES string of the molecule is NC(O)CCC[PH](=O)O. The van der Waals surface area contributed by atoms with Crippen LogP contribution in [0.3, 0.4) is 0 Å². The van der Waals surface area contributed by atoms with Crippen molar-refractivity contribution in [3.8, 4) is 0 Å². The number of aliphatic hydroxyl groups is 1. The molecule has 0 fully saturated rings. The van der Waals surface area contributed by atoms with Gasteiger partial charge in [-0.05, 0) is 12.8 Å². The normalized spacial score (nSPS) is 17.2. The Hall–Kier alpha value is 0.110. The van der Waals surface area contributed by atoms with Gasteiger partial charge < -0.3 is 15.7 Å². The van der Waals surface area contributed by atoms with Gasteiger partial charge in [-0.15, -0.1) is 0 Å². The van der Waals surface area contributed by atoms with Crippen molar-refractivity contribution < 1.29 is 14.6 Å². The van der Waals surface area contributed by atoms with E-state index in [9.17, 15) is 4.57 Å². The summed E-state index contributed by atoms with van der Waals surface area (Å²) in [4.78, 5) is 8.29. The van der Waals surface area contributed by atoms with Crippen molar-refractivity contribution in [1.82, 2.24) is 0 Å². The van der Waals surface area contributed by atoms with E-state index < -0.39 is 14.3 Å². The van der Waals surface area contributed by atoms with E-state index in [2.05, 4.69) is 0 Å². The van der Waals surface area contributed by atoms with Crippen molar-refractivity contribution in [1.29, 1.82) is 0 Å². The first-order valence-electron chi connectivity index (χ1n) is 2.78. The molecule has 2 unspecified atom stereocenters. The molecule has 0 aliphatic carbocycles. The minimum absolute atomic E-state index is 0.263. The Morgan fingerprint density at radius 3 is 2.56 bits per heavy atom. The van der Waals surface area contributed by atoms with Crippen molar-refractivity contribution in [2.45, 2.75) is 19.1 Å². The van der Waals surface area contributed by atoms with Gasteiger partial charge in [0.05, 0.1) is 0 Å². The smallest absolute Gasteiger partial charge is 0.189 e. The number of nitrogens with two attached hydrogens (primary N) is 1. The maximum Gasteiger partial charge on any atom is 0.189 e. The van der Waals surface area contributed by atoms with Gasteiger partial charge in [-0.1, -0.05) is 0 Å². The average Bonchev–Trinajstić information content (AvgIpc) is 1.63. The fraction of sp³-hybridized carbons (Fsp3) is 1.00. The zero-order valence-corrected chi connectivity index (χ0v) is 6.08. The molecule has 0 aliphatic heterocycles. The highest BCUT2D eigenvalue weighted by Gasteiger charge is 1.96. The zero-order chi connectivity index (χ0) is 7.28. The molecule has 0 aromatic heterocycles. The zero-order valence-electron chi connectivity index (χ0n) is 5.08. The molecule has 0 amide bonds. The molecule has 0 saturated heterocycles. The van der Waals surface area contributed by atoms with Crippen molar-refractivity contribution in [3.05, 3.63) is 0 Å². The lowest BCUT2D eigenvalue weighted by Gasteiger charge is -2.00. The Balaban J connectivity index is 3.01. The summed E-state index contributed by atoms with van der Waals surface area (Å²) in [6.45, 7) is 0. The maximum absolute atomic E-state index is 10.0. The molecule has 0 aromatic rings. The monoisotopic (exact) mass is 153 g/mol. The quantitative estimate of drug-likeness (QED) is 0.376. The number of aliphatic hydroxyl groups excluding tert-OH is 1. The van der Waals surface area contributed by atoms with E-state index in [1.54, 1.807) is 0 Å². The summed E-state index contributed by atoms with van der Waals surface area (Å²) in [5, 5.41) is 8.47. The standard InChI is InChI=1S/C4H12NO3P/c5-4(6)2-1-3-9(7)8/h4,6,9H,1-3,5H2,(H,7,8). The van der Waals surface area contributed by atoms with Crippen LogP contribution in [0.5, 0.6) is 0 Å². The van der Waals surface area contributed by atoms with Gasteiger partial charge in [0.2, 0.25) is 0 Å². The Kier molecular flexibility index (Phi) is 5.00. The minimum atomic E-state index is -2.35. The summed E-state index contributed by atoms with van der Waals surface area (Å²) < 4.78 is 10.0. The van der Waals surface area contributed by atoms with Crippen LogP contribution < -0.4 is 5.73 Å². The summed E-state index contributed by atoms with van der Waals surface area (Å²) in [6, 6.07) is 0. The fourth-order valence-electron chi connectivity index (χ4n) is 0.462. The number of rotatable bonds is 4. The van der Waals surface area contributed by atoms with Gasteiger partial charge in [-0.3, -0.25) is 4.57 Å². The molecule has 0 aliphatic rings. The predicted octanol–water partition coefficient (Wildman–Crippen LogP) is -0.489. The first kappa shape index (κ1) is 9.11. The van der Waals surface area contributed by atoms with E-state index in [0.717, 1.165) is 0 Å². The van der Waals surface area contributed by atoms with E-state index in [1.807, 2.05) is 0 Å². The third kappa shape index (κ3) is 8.11. The molecule has 2 atom stereocenters. The van der Waals surface area contributed by atoms with E-state index in [-0.39, 0.29) is 6.16 Å². The van der Waals surface area contributed by atoms with E-state index in [1.165, 1.54) is 0 Å². The van der Waals surface area contributed by atoms with Crippen molar-refractivity contribution in [3.63, 3.8) is 0 Å². The van der Waals surface area contributed by atoms with Gasteiger partial charge in [-0.25, -0.2) is 0 Å². The molecule has 0 spiro atoms. The lowest BCUT2D eigenvalue weighted by molar-refractivity contribution is 0.171. The molecular formula is C4H12NO3P. The summed E-state index contributed by atoms with van der Waals surface area (Å²) in [5.41, 5.74) is 4.96.